The quantitative estimate of drug-likeness (QED) is 0.0807. The first-order valence-corrected chi connectivity index (χ1v) is 40.7. The van der Waals surface area contributed by atoms with Crippen molar-refractivity contribution < 1.29 is 174 Å². The van der Waals surface area contributed by atoms with E-state index in [4.69, 9.17) is 38.3 Å². The zero-order valence-electron chi connectivity index (χ0n) is 63.1. The molecular weight excluding hydrogens is 1760 g/mol. The molecule has 0 amide bonds. The van der Waals surface area contributed by atoms with E-state index in [0.29, 0.717) is 63.9 Å². The third kappa shape index (κ3) is 20.9. The van der Waals surface area contributed by atoms with E-state index in [1.807, 2.05) is 32.0 Å². The third-order valence-electron chi connectivity index (χ3n) is 21.6. The summed E-state index contributed by atoms with van der Waals surface area (Å²) < 4.78 is 292. The summed E-state index contributed by atoms with van der Waals surface area (Å²) in [5, 5.41) is 8.66. The van der Waals surface area contributed by atoms with Crippen LogP contribution in [0.2, 0.25) is 0 Å². The highest BCUT2D eigenvalue weighted by molar-refractivity contribution is 5.78. The number of phenols is 1. The Balaban J connectivity index is 0.000000154. The van der Waals surface area contributed by atoms with Crippen LogP contribution in [0.15, 0.2) is 133 Å². The fourth-order valence-corrected chi connectivity index (χ4v) is 20.7. The van der Waals surface area contributed by atoms with Gasteiger partial charge in [-0.25, -0.2) is 14.0 Å². The molecule has 10 fully saturated rings. The minimum atomic E-state index is -4.36. The summed E-state index contributed by atoms with van der Waals surface area (Å²) in [4.78, 5) is 23.4. The predicted octanol–water partition coefficient (Wildman–Crippen LogP) is 15.8. The van der Waals surface area contributed by atoms with Crippen LogP contribution in [-0.4, -0.2) is 102 Å². The molecule has 0 aromatic heterocycles. The number of hydrogen-bond donors (Lipinski definition) is 1. The van der Waals surface area contributed by atoms with E-state index in [9.17, 15) is 93.0 Å². The largest absolute Gasteiger partial charge is 0.508 e. The lowest BCUT2D eigenvalue weighted by atomic mass is 9.51. The molecule has 8 aliphatic carbocycles. The number of hydrogen-bond acceptors (Lipinski definition) is 10. The standard InChI is InChI=1S/C24H23F3IO.2C17H20F6O4.C17H19FI.C7H5F3O/c1-16-15-21(29-20-11-7-18(8-12-20)24(25,26)27)13-14-22(16)28-19-9-5-17(6-10-19)23(2,3)4;2*1-13(18,19)12(24)27-14-4-9-2-10(5-14)17(11(3-9)6-14)25-7-15(20,21)16(22,23)8-26-17;1-12-11-14(18)7-10-16(12)19-15-8-5-13(6-9-15)17(2,3)4;8-7(9,10)5-1-3-6(11)4-2-5/h5-15H,1-4H3;2*9-11H,2-8H2,1H3;5-11H,1-4H3;1-4,11H/q+1;;;+1;. The van der Waals surface area contributed by atoms with E-state index in [0.717, 1.165) is 47.5 Å². The number of halogens is 21. The molecule has 6 aromatic rings. The average Bonchev–Trinajstić information content (AvgIpc) is 1.69. The van der Waals surface area contributed by atoms with Gasteiger partial charge in [-0.15, -0.1) is 0 Å². The molecule has 2 saturated heterocycles. The first kappa shape index (κ1) is 89.2. The van der Waals surface area contributed by atoms with Gasteiger partial charge in [0.25, 0.3) is 0 Å². The Bertz CT molecular complexity index is 4120. The van der Waals surface area contributed by atoms with Gasteiger partial charge in [0.05, 0.1) is 11.1 Å². The average molecular weight is 1850 g/mol. The summed E-state index contributed by atoms with van der Waals surface area (Å²) >= 11 is -0.536. The van der Waals surface area contributed by atoms with Gasteiger partial charge < -0.3 is 38.3 Å². The highest BCUT2D eigenvalue weighted by Gasteiger charge is 2.72. The van der Waals surface area contributed by atoms with Crippen LogP contribution in [0, 0.1) is 69.5 Å². The number of benzene rings is 6. The minimum Gasteiger partial charge on any atom is -0.508 e. The summed E-state index contributed by atoms with van der Waals surface area (Å²) in [6.07, 6.45) is -5.74. The molecule has 8 saturated carbocycles. The van der Waals surface area contributed by atoms with Crippen LogP contribution in [-0.2, 0) is 61.2 Å². The van der Waals surface area contributed by atoms with E-state index in [1.165, 1.54) is 37.5 Å². The predicted molar refractivity (Wildman–Crippen MR) is 367 cm³/mol. The van der Waals surface area contributed by atoms with Crippen LogP contribution < -0.4 is 47.1 Å². The van der Waals surface area contributed by atoms with Crippen molar-refractivity contribution in [2.45, 2.75) is 215 Å². The SMILES string of the molecule is CC(F)(F)C(=O)OC12CC3CC(C1)C1(OCC(F)(F)C(F)(F)CO1)C(C3)C2.CC(F)(F)C(=O)OC12CC3CC(C1)C1(OCC(F)(F)C(F)(F)CO1)C(C3)C2.Cc1cc(F)ccc1[I+]c1ccc(C(C)(C)C)cc1.Cc1cc(Oc2ccc(C(F)(F)F)cc2)ccc1[I+]c1ccc(C(C)(C)C)cc1.Oc1ccc(C(F)(F)F)cc1. The van der Waals surface area contributed by atoms with Crippen LogP contribution in [0.1, 0.15) is 153 Å². The van der Waals surface area contributed by atoms with Crippen molar-refractivity contribution in [2.24, 2.45) is 35.5 Å². The van der Waals surface area contributed by atoms with Crippen molar-refractivity contribution in [1.82, 2.24) is 0 Å². The molecule has 6 aromatic carbocycles. The van der Waals surface area contributed by atoms with E-state index in [1.54, 1.807) is 12.1 Å². The molecule has 620 valence electrons. The molecule has 10 aliphatic rings. The lowest BCUT2D eigenvalue weighted by Gasteiger charge is -2.63. The fraction of sp³-hybridized carbons (Fsp3) is 0.537. The number of rotatable bonds is 10. The van der Waals surface area contributed by atoms with E-state index < -0.39 is 144 Å². The number of esters is 2. The molecule has 1 N–H and O–H groups in total. The maximum Gasteiger partial charge on any atom is 0.416 e. The molecule has 2 spiro atoms. The Hall–Kier alpha value is -6.17. The number of phenolic OH excluding ortho intramolecular Hbond substituents is 1. The second kappa shape index (κ2) is 32.6. The zero-order valence-corrected chi connectivity index (χ0v) is 67.4. The molecule has 2 aliphatic heterocycles. The topological polar surface area (TPSA) is 119 Å². The molecular formula is C82H87F19I2O10+2. The van der Waals surface area contributed by atoms with Crippen molar-refractivity contribution in [3.63, 3.8) is 0 Å². The van der Waals surface area contributed by atoms with Gasteiger partial charge in [-0.3, -0.25) is 0 Å². The maximum absolute atomic E-state index is 13.7. The van der Waals surface area contributed by atoms with Gasteiger partial charge >= 0.3 is 102 Å². The zero-order chi connectivity index (χ0) is 83.5. The Morgan fingerprint density at radius 1 is 0.407 bits per heavy atom. The number of alkyl halides is 18. The Labute approximate surface area is 662 Å². The fourth-order valence-electron chi connectivity index (χ4n) is 16.1. The third-order valence-corrected chi connectivity index (χ3v) is 27.8. The smallest absolute Gasteiger partial charge is 0.416 e. The number of carbonyl (C=O) groups excluding carboxylic acids is 2. The Morgan fingerprint density at radius 2 is 0.708 bits per heavy atom. The lowest BCUT2D eigenvalue weighted by molar-refractivity contribution is -0.598. The van der Waals surface area contributed by atoms with Crippen LogP contribution >= 0.6 is 0 Å². The van der Waals surface area contributed by atoms with Crippen LogP contribution in [0.25, 0.3) is 0 Å². The maximum atomic E-state index is 13.7. The van der Waals surface area contributed by atoms with Gasteiger partial charge in [0.1, 0.15) is 60.7 Å². The van der Waals surface area contributed by atoms with Gasteiger partial charge in [-0.05, 0) is 221 Å². The highest BCUT2D eigenvalue weighted by atomic mass is 127. The van der Waals surface area contributed by atoms with Crippen molar-refractivity contribution in [1.29, 1.82) is 0 Å². The lowest BCUT2D eigenvalue weighted by Crippen LogP contribution is -3.61. The normalized spacial score (nSPS) is 26.0. The van der Waals surface area contributed by atoms with Crippen molar-refractivity contribution >= 4 is 11.9 Å². The minimum absolute atomic E-state index is 0.0166. The summed E-state index contributed by atoms with van der Waals surface area (Å²) in [6.45, 7) is 12.3. The van der Waals surface area contributed by atoms with E-state index >= 15 is 0 Å². The van der Waals surface area contributed by atoms with Crippen molar-refractivity contribution in [3.05, 3.63) is 187 Å². The molecule has 4 atom stereocenters. The van der Waals surface area contributed by atoms with Crippen molar-refractivity contribution in [3.8, 4) is 17.2 Å². The van der Waals surface area contributed by atoms with E-state index in [-0.39, 0.29) is 102 Å². The molecule has 2 heterocycles. The summed E-state index contributed by atoms with van der Waals surface area (Å²) in [7, 11) is 0. The van der Waals surface area contributed by atoms with E-state index in [2.05, 4.69) is 96.1 Å². The molecule has 4 unspecified atom stereocenters. The summed E-state index contributed by atoms with van der Waals surface area (Å²) in [5.74, 6) is -32.8. The molecule has 8 bridgehead atoms. The molecule has 10 nitrogen and oxygen atoms in total. The van der Waals surface area contributed by atoms with Gasteiger partial charge in [0.2, 0.25) is 0 Å². The van der Waals surface area contributed by atoms with Crippen LogP contribution in [0.3, 0.4) is 0 Å². The monoisotopic (exact) mass is 1850 g/mol. The van der Waals surface area contributed by atoms with Gasteiger partial charge in [-0.1, -0.05) is 65.8 Å². The number of carbonyl (C=O) groups is 2. The second-order valence-electron chi connectivity index (χ2n) is 32.7. The molecule has 31 heteroatoms. The first-order valence-electron chi connectivity index (χ1n) is 36.3. The molecule has 16 rings (SSSR count). The number of aromatic hydroxyl groups is 1. The van der Waals surface area contributed by atoms with Gasteiger partial charge in [0, 0.05) is 48.6 Å². The Kier molecular flexibility index (Phi) is 25.7. The second-order valence-corrected chi connectivity index (χ2v) is 38.6. The first-order chi connectivity index (χ1) is 52.0. The van der Waals surface area contributed by atoms with Crippen LogP contribution in [0.5, 0.6) is 17.2 Å². The summed E-state index contributed by atoms with van der Waals surface area (Å²) in [6, 6.07) is 37.1. The van der Waals surface area contributed by atoms with Gasteiger partial charge in [0.15, 0.2) is 25.9 Å². The van der Waals surface area contributed by atoms with Gasteiger partial charge in [-0.2, -0.15) is 79.0 Å². The molecule has 113 heavy (non-hydrogen) atoms. The summed E-state index contributed by atoms with van der Waals surface area (Å²) in [5.41, 5.74) is 1.47. The number of ether oxygens (including phenoxy) is 7. The Morgan fingerprint density at radius 3 is 1.01 bits per heavy atom. The van der Waals surface area contributed by atoms with Crippen molar-refractivity contribution in [2.75, 3.05) is 26.4 Å². The number of aryl methyl sites for hydroxylation is 2. The highest BCUT2D eigenvalue weighted by Crippen LogP contribution is 2.66. The molecule has 0 radical (unpaired) electrons. The van der Waals surface area contributed by atoms with Crippen LogP contribution in [0.4, 0.5) is 83.4 Å².